The van der Waals surface area contributed by atoms with Crippen molar-refractivity contribution in [1.82, 2.24) is 4.98 Å². The van der Waals surface area contributed by atoms with E-state index in [1.807, 2.05) is 0 Å². The molecule has 1 aromatic heterocycles. The van der Waals surface area contributed by atoms with Gasteiger partial charge in [0, 0.05) is 0 Å². The van der Waals surface area contributed by atoms with Crippen molar-refractivity contribution in [1.29, 1.82) is 0 Å². The molecule has 0 radical (unpaired) electrons. The number of benzene rings is 1. The average Bonchev–Trinajstić information content (AvgIpc) is 2.42. The third-order valence-electron chi connectivity index (χ3n) is 5.04. The van der Waals surface area contributed by atoms with E-state index in [9.17, 15) is 0 Å². The topological polar surface area (TPSA) is 12.9 Å². The van der Waals surface area contributed by atoms with Crippen molar-refractivity contribution >= 4 is 93.3 Å². The van der Waals surface area contributed by atoms with Crippen molar-refractivity contribution in [3.05, 3.63) is 11.6 Å². The van der Waals surface area contributed by atoms with Crippen LogP contribution < -0.4 is 38.4 Å². The van der Waals surface area contributed by atoms with Crippen molar-refractivity contribution in [3.8, 4) is 11.3 Å². The monoisotopic (exact) mass is 253 g/mol. The molecule has 0 amide bonds. The molecule has 92 valence electrons. The Hall–Kier alpha value is -1.18. The van der Waals surface area contributed by atoms with Crippen LogP contribution >= 0.6 is 0 Å². The molecule has 1 aromatic carbocycles. The molecule has 1 heterocycles. The van der Waals surface area contributed by atoms with Crippen LogP contribution in [0.2, 0.25) is 0 Å². The predicted molar refractivity (Wildman–Crippen MR) is 112 cm³/mol. The first kappa shape index (κ1) is 15.2. The molecule has 0 spiro atoms. The van der Waals surface area contributed by atoms with Crippen LogP contribution in [0.25, 0.3) is 11.3 Å². The van der Waals surface area contributed by atoms with Crippen molar-refractivity contribution < 1.29 is 0 Å². The number of hydrogen-bond acceptors (Lipinski definition) is 1. The van der Waals surface area contributed by atoms with Crippen LogP contribution in [0.3, 0.4) is 0 Å². The molecule has 20 heavy (non-hydrogen) atoms. The van der Waals surface area contributed by atoms with Gasteiger partial charge in [-0.05, 0) is 23.6 Å². The third-order valence-corrected chi connectivity index (χ3v) is 5.04. The molecule has 0 atom stereocenters. The van der Waals surface area contributed by atoms with Crippen LogP contribution in [-0.4, -0.2) is 59.9 Å². The van der Waals surface area contributed by atoms with E-state index in [1.165, 1.54) is 43.9 Å². The summed E-state index contributed by atoms with van der Waals surface area (Å²) in [5.41, 5.74) is 13.0. The Morgan fingerprint density at radius 3 is 1.95 bits per heavy atom. The van der Waals surface area contributed by atoms with Gasteiger partial charge in [-0.1, -0.05) is 27.9 Å². The predicted octanol–water partition coefficient (Wildman–Crippen LogP) is -9.13. The first-order valence-electron chi connectivity index (χ1n) is 7.27. The van der Waals surface area contributed by atoms with Gasteiger partial charge in [-0.2, -0.15) is 0 Å². The van der Waals surface area contributed by atoms with Crippen LogP contribution in [0, 0.1) is 6.92 Å². The van der Waals surface area contributed by atoms with Crippen LogP contribution in [0.5, 0.6) is 0 Å². The van der Waals surface area contributed by atoms with Gasteiger partial charge in [0.2, 0.25) is 0 Å². The Labute approximate surface area is 128 Å². The summed E-state index contributed by atoms with van der Waals surface area (Å²) < 4.78 is 0. The summed E-state index contributed by atoms with van der Waals surface area (Å²) in [5.74, 6) is 0. The molecule has 0 aliphatic heterocycles. The normalized spacial score (nSPS) is 10.7. The molecule has 2 rings (SSSR count). The second kappa shape index (κ2) is 5.31. The van der Waals surface area contributed by atoms with Gasteiger partial charge in [-0.25, -0.2) is 0 Å². The highest BCUT2D eigenvalue weighted by Gasteiger charge is 2.14. The van der Waals surface area contributed by atoms with Crippen molar-refractivity contribution in [2.24, 2.45) is 0 Å². The maximum absolute atomic E-state index is 4.88. The highest BCUT2D eigenvalue weighted by atomic mass is 14.7. The van der Waals surface area contributed by atoms with E-state index in [0.717, 1.165) is 11.3 Å². The van der Waals surface area contributed by atoms with Crippen LogP contribution in [0.1, 0.15) is 5.56 Å². The molecule has 0 saturated carbocycles. The summed E-state index contributed by atoms with van der Waals surface area (Å²) in [4.78, 5) is 4.88. The van der Waals surface area contributed by atoms with E-state index in [-0.39, 0.29) is 0 Å². The quantitative estimate of drug-likeness (QED) is 0.459. The molecule has 0 saturated heterocycles. The molecule has 0 bridgehead atoms. The molecule has 8 heteroatoms. The number of hydrogen-bond donors (Lipinski definition) is 0. The van der Waals surface area contributed by atoms with Crippen LogP contribution in [0.4, 0.5) is 0 Å². The molecule has 0 fully saturated rings. The molecule has 0 aliphatic carbocycles. The Kier molecular flexibility index (Phi) is 4.04. The minimum atomic E-state index is 1.14. The summed E-state index contributed by atoms with van der Waals surface area (Å²) in [6.07, 6.45) is 0. The van der Waals surface area contributed by atoms with Gasteiger partial charge < -0.3 is 0 Å². The van der Waals surface area contributed by atoms with Gasteiger partial charge in [0.05, 0.1) is 5.69 Å². The molecule has 0 unspecified atom stereocenters. The average molecular weight is 252 g/mol. The van der Waals surface area contributed by atoms with Crippen molar-refractivity contribution in [3.63, 3.8) is 0 Å². The Morgan fingerprint density at radius 2 is 1.35 bits per heavy atom. The van der Waals surface area contributed by atoms with Gasteiger partial charge >= 0.3 is 0 Å². The maximum Gasteiger partial charge on any atom is 0.164 e. The maximum atomic E-state index is 4.88. The fourth-order valence-electron chi connectivity index (χ4n) is 2.79. The summed E-state index contributed by atoms with van der Waals surface area (Å²) >= 11 is 0. The highest BCUT2D eigenvalue weighted by molar-refractivity contribution is 6.64. The van der Waals surface area contributed by atoms with Gasteiger partial charge in [0.1, 0.15) is 47.1 Å². The lowest BCUT2D eigenvalue weighted by Crippen LogP contribution is -2.49. The number of aromatic nitrogens is 1. The molecule has 0 aliphatic rings. The largest absolute Gasteiger partial charge is 0.264 e. The van der Waals surface area contributed by atoms with Crippen molar-refractivity contribution in [2.75, 3.05) is 0 Å². The van der Waals surface area contributed by atoms with E-state index in [4.69, 9.17) is 4.98 Å². The second-order valence-electron chi connectivity index (χ2n) is 6.04. The van der Waals surface area contributed by atoms with Gasteiger partial charge in [-0.3, -0.25) is 4.98 Å². The lowest BCUT2D eigenvalue weighted by Gasteiger charge is -2.19. The number of rotatable bonds is 1. The Bertz CT molecular complexity index is 650. The third kappa shape index (κ3) is 2.30. The van der Waals surface area contributed by atoms with Crippen LogP contribution in [0.15, 0.2) is 6.07 Å². The second-order valence-corrected chi connectivity index (χ2v) is 6.04. The van der Waals surface area contributed by atoms with E-state index >= 15 is 0 Å². The zero-order valence-corrected chi connectivity index (χ0v) is 14.0. The zero-order valence-electron chi connectivity index (χ0n) is 14.0. The van der Waals surface area contributed by atoms with E-state index in [1.54, 1.807) is 0 Å². The lowest BCUT2D eigenvalue weighted by atomic mass is 9.64. The minimum absolute atomic E-state index is 1.14. The summed E-state index contributed by atoms with van der Waals surface area (Å²) in [7, 11) is 15.3. The van der Waals surface area contributed by atoms with Gasteiger partial charge in [-0.15, -0.1) is 10.9 Å². The molecular weight excluding hydrogens is 234 g/mol. The highest BCUT2D eigenvalue weighted by Crippen LogP contribution is 2.07. The van der Waals surface area contributed by atoms with Crippen LogP contribution in [-0.2, 0) is 0 Å². The number of nitrogens with zero attached hydrogens (tertiary/aromatic N) is 1. The fourth-order valence-corrected chi connectivity index (χ4v) is 2.79. The van der Waals surface area contributed by atoms with Gasteiger partial charge in [0.25, 0.3) is 0 Å². The smallest absolute Gasteiger partial charge is 0.164 e. The lowest BCUT2D eigenvalue weighted by molar-refractivity contribution is 1.37. The summed E-state index contributed by atoms with van der Waals surface area (Å²) in [6.45, 7) is 2.16. The summed E-state index contributed by atoms with van der Waals surface area (Å²) in [5, 5.41) is 0. The van der Waals surface area contributed by atoms with Crippen molar-refractivity contribution in [2.45, 2.75) is 6.92 Å². The van der Waals surface area contributed by atoms with E-state index in [0.29, 0.717) is 0 Å². The standard InChI is InChI=1S/C12H18B7N/c1-3-6(14)10(18)11(20-12(3)19)4-2-5(13)8(16)9(17)7(4)15/h2H,13-19H2,1H3. The molecule has 1 nitrogen and oxygen atoms in total. The molecule has 0 N–H and O–H groups in total. The Balaban J connectivity index is 2.83. The zero-order chi connectivity index (χ0) is 15.2. The fraction of sp³-hybridized carbons (Fsp3) is 0.0833. The first-order chi connectivity index (χ1) is 9.25. The Morgan fingerprint density at radius 1 is 0.750 bits per heavy atom. The first-order valence-corrected chi connectivity index (χ1v) is 7.27. The summed E-state index contributed by atoms with van der Waals surface area (Å²) in [6, 6.07) is 2.29. The van der Waals surface area contributed by atoms with E-state index < -0.39 is 0 Å². The molecule has 2 aromatic rings. The minimum Gasteiger partial charge on any atom is -0.264 e. The SMILES string of the molecule is Bc1cc(-c2nc(B)c(C)c(B)c2B)c(B)c(B)c1B. The van der Waals surface area contributed by atoms with Gasteiger partial charge in [0.15, 0.2) is 7.85 Å². The van der Waals surface area contributed by atoms with E-state index in [2.05, 4.69) is 67.9 Å². The number of pyridine rings is 1. The molecular formula is C12H18B7N.